The molecule has 0 spiro atoms. The molecule has 7 heteroatoms. The number of nitrogens with zero attached hydrogens (tertiary/aromatic N) is 1. The van der Waals surface area contributed by atoms with E-state index in [1.807, 2.05) is 13.8 Å². The van der Waals surface area contributed by atoms with Gasteiger partial charge < -0.3 is 9.26 Å². The van der Waals surface area contributed by atoms with E-state index in [0.29, 0.717) is 29.9 Å². The molecule has 1 aromatic heterocycles. The Morgan fingerprint density at radius 2 is 2.10 bits per heavy atom. The summed E-state index contributed by atoms with van der Waals surface area (Å²) in [6.45, 7) is 3.92. The standard InChI is InChI=1S/C14H20N2O4S/c1-4-6-7-21(17,18)16-12-8-10-11(5-2)15-20-13(10)9-14(12)19-3/h8-9,16H,4-7H2,1-3H3. The second kappa shape index (κ2) is 6.34. The van der Waals surface area contributed by atoms with Crippen molar-refractivity contribution in [3.8, 4) is 5.75 Å². The molecule has 116 valence electrons. The minimum Gasteiger partial charge on any atom is -0.494 e. The van der Waals surface area contributed by atoms with Gasteiger partial charge in [0.1, 0.15) is 5.75 Å². The van der Waals surface area contributed by atoms with E-state index in [1.54, 1.807) is 12.1 Å². The molecule has 0 saturated heterocycles. The number of aryl methyl sites for hydroxylation is 1. The summed E-state index contributed by atoms with van der Waals surface area (Å²) >= 11 is 0. The summed E-state index contributed by atoms with van der Waals surface area (Å²) in [5.74, 6) is 0.510. The molecule has 2 aromatic rings. The molecule has 6 nitrogen and oxygen atoms in total. The maximum atomic E-state index is 12.1. The molecule has 0 fully saturated rings. The zero-order valence-corrected chi connectivity index (χ0v) is 13.3. The predicted octanol–water partition coefficient (Wildman–Crippen LogP) is 2.94. The molecule has 0 atom stereocenters. The largest absolute Gasteiger partial charge is 0.494 e. The van der Waals surface area contributed by atoms with Crippen LogP contribution in [0.25, 0.3) is 11.0 Å². The van der Waals surface area contributed by atoms with Crippen molar-refractivity contribution in [1.29, 1.82) is 0 Å². The number of ether oxygens (including phenoxy) is 1. The highest BCUT2D eigenvalue weighted by molar-refractivity contribution is 7.92. The monoisotopic (exact) mass is 312 g/mol. The van der Waals surface area contributed by atoms with Crippen molar-refractivity contribution in [2.24, 2.45) is 0 Å². The summed E-state index contributed by atoms with van der Waals surface area (Å²) in [5, 5.41) is 4.77. The topological polar surface area (TPSA) is 81.4 Å². The smallest absolute Gasteiger partial charge is 0.232 e. The van der Waals surface area contributed by atoms with Crippen molar-refractivity contribution < 1.29 is 17.7 Å². The van der Waals surface area contributed by atoms with Crippen LogP contribution in [-0.4, -0.2) is 26.4 Å². The molecule has 2 rings (SSSR count). The normalized spacial score (nSPS) is 11.8. The van der Waals surface area contributed by atoms with Crippen LogP contribution >= 0.6 is 0 Å². The fourth-order valence-corrected chi connectivity index (χ4v) is 3.34. The van der Waals surface area contributed by atoms with Crippen LogP contribution in [-0.2, 0) is 16.4 Å². The molecule has 0 aliphatic carbocycles. The van der Waals surface area contributed by atoms with E-state index in [0.717, 1.165) is 17.5 Å². The van der Waals surface area contributed by atoms with Gasteiger partial charge in [0.15, 0.2) is 5.58 Å². The Hall–Kier alpha value is -1.76. The van der Waals surface area contributed by atoms with Gasteiger partial charge in [0.2, 0.25) is 10.0 Å². The maximum absolute atomic E-state index is 12.1. The van der Waals surface area contributed by atoms with E-state index in [4.69, 9.17) is 9.26 Å². The Bertz CT molecular complexity index is 722. The van der Waals surface area contributed by atoms with Gasteiger partial charge in [0, 0.05) is 11.5 Å². The number of hydrogen-bond acceptors (Lipinski definition) is 5. The summed E-state index contributed by atoms with van der Waals surface area (Å²) in [5.41, 5.74) is 1.79. The Balaban J connectivity index is 2.41. The van der Waals surface area contributed by atoms with Gasteiger partial charge in [0.25, 0.3) is 0 Å². The zero-order valence-electron chi connectivity index (χ0n) is 12.5. The Labute approximate surface area is 124 Å². The van der Waals surface area contributed by atoms with Crippen LogP contribution in [0.2, 0.25) is 0 Å². The van der Waals surface area contributed by atoms with Crippen molar-refractivity contribution in [3.05, 3.63) is 17.8 Å². The first kappa shape index (κ1) is 15.6. The summed E-state index contributed by atoms with van der Waals surface area (Å²) in [6, 6.07) is 3.37. The molecule has 1 heterocycles. The molecule has 0 aliphatic rings. The summed E-state index contributed by atoms with van der Waals surface area (Å²) in [7, 11) is -1.89. The number of benzene rings is 1. The van der Waals surface area contributed by atoms with Gasteiger partial charge in [-0.1, -0.05) is 25.4 Å². The van der Waals surface area contributed by atoms with Crippen molar-refractivity contribution in [2.45, 2.75) is 33.1 Å². The molecule has 1 N–H and O–H groups in total. The lowest BCUT2D eigenvalue weighted by atomic mass is 10.1. The van der Waals surface area contributed by atoms with Gasteiger partial charge in [-0.25, -0.2) is 8.42 Å². The van der Waals surface area contributed by atoms with Gasteiger partial charge in [-0.15, -0.1) is 0 Å². The number of fused-ring (bicyclic) bond motifs is 1. The van der Waals surface area contributed by atoms with E-state index < -0.39 is 10.0 Å². The highest BCUT2D eigenvalue weighted by Crippen LogP contribution is 2.32. The maximum Gasteiger partial charge on any atom is 0.232 e. The van der Waals surface area contributed by atoms with E-state index in [2.05, 4.69) is 9.88 Å². The van der Waals surface area contributed by atoms with Crippen LogP contribution in [0.5, 0.6) is 5.75 Å². The summed E-state index contributed by atoms with van der Waals surface area (Å²) < 4.78 is 37.1. The van der Waals surface area contributed by atoms with E-state index in [1.165, 1.54) is 7.11 Å². The van der Waals surface area contributed by atoms with Crippen LogP contribution in [0.4, 0.5) is 5.69 Å². The quantitative estimate of drug-likeness (QED) is 0.850. The number of rotatable bonds is 7. The lowest BCUT2D eigenvalue weighted by Crippen LogP contribution is -2.17. The third-order valence-corrected chi connectivity index (χ3v) is 4.59. The average molecular weight is 312 g/mol. The van der Waals surface area contributed by atoms with Crippen molar-refractivity contribution in [3.63, 3.8) is 0 Å². The van der Waals surface area contributed by atoms with Crippen molar-refractivity contribution >= 4 is 26.7 Å². The van der Waals surface area contributed by atoms with E-state index in [-0.39, 0.29) is 5.75 Å². The van der Waals surface area contributed by atoms with Gasteiger partial charge in [-0.2, -0.15) is 0 Å². The fourth-order valence-electron chi connectivity index (χ4n) is 2.07. The fraction of sp³-hybridized carbons (Fsp3) is 0.500. The molecule has 0 unspecified atom stereocenters. The average Bonchev–Trinajstić information content (AvgIpc) is 2.85. The van der Waals surface area contributed by atoms with Gasteiger partial charge in [0.05, 0.1) is 24.2 Å². The Kier molecular flexibility index (Phi) is 4.72. The highest BCUT2D eigenvalue weighted by Gasteiger charge is 2.17. The lowest BCUT2D eigenvalue weighted by Gasteiger charge is -2.11. The summed E-state index contributed by atoms with van der Waals surface area (Å²) in [6.07, 6.45) is 2.15. The molecule has 21 heavy (non-hydrogen) atoms. The zero-order chi connectivity index (χ0) is 15.5. The first-order chi connectivity index (χ1) is 10.0. The third kappa shape index (κ3) is 3.47. The first-order valence-corrected chi connectivity index (χ1v) is 8.62. The molecule has 0 radical (unpaired) electrons. The van der Waals surface area contributed by atoms with E-state index in [9.17, 15) is 8.42 Å². The third-order valence-electron chi connectivity index (χ3n) is 3.23. The van der Waals surface area contributed by atoms with E-state index >= 15 is 0 Å². The lowest BCUT2D eigenvalue weighted by molar-refractivity contribution is 0.413. The molecule has 0 bridgehead atoms. The number of anilines is 1. The number of methoxy groups -OCH3 is 1. The second-order valence-electron chi connectivity index (χ2n) is 4.81. The minimum atomic E-state index is -3.38. The van der Waals surface area contributed by atoms with Crippen LogP contribution in [0, 0.1) is 0 Å². The van der Waals surface area contributed by atoms with Crippen molar-refractivity contribution in [1.82, 2.24) is 5.16 Å². The number of hydrogen-bond donors (Lipinski definition) is 1. The molecular formula is C14H20N2O4S. The predicted molar refractivity (Wildman–Crippen MR) is 82.3 cm³/mol. The first-order valence-electron chi connectivity index (χ1n) is 6.97. The summed E-state index contributed by atoms with van der Waals surface area (Å²) in [4.78, 5) is 0. The SMILES string of the molecule is CCCCS(=O)(=O)Nc1cc2c(CC)noc2cc1OC. The number of aromatic nitrogens is 1. The van der Waals surface area contributed by atoms with Crippen LogP contribution in [0.1, 0.15) is 32.4 Å². The highest BCUT2D eigenvalue weighted by atomic mass is 32.2. The minimum absolute atomic E-state index is 0.0922. The molecule has 0 aliphatic heterocycles. The van der Waals surface area contributed by atoms with Gasteiger partial charge in [-0.05, 0) is 18.9 Å². The number of unbranched alkanes of at least 4 members (excludes halogenated alkanes) is 1. The molecule has 1 aromatic carbocycles. The Morgan fingerprint density at radius 1 is 1.33 bits per heavy atom. The van der Waals surface area contributed by atoms with Crippen LogP contribution in [0.15, 0.2) is 16.7 Å². The van der Waals surface area contributed by atoms with Crippen molar-refractivity contribution in [2.75, 3.05) is 17.6 Å². The van der Waals surface area contributed by atoms with Crippen LogP contribution < -0.4 is 9.46 Å². The second-order valence-corrected chi connectivity index (χ2v) is 6.65. The molecule has 0 saturated carbocycles. The van der Waals surface area contributed by atoms with Gasteiger partial charge in [-0.3, -0.25) is 4.72 Å². The Morgan fingerprint density at radius 3 is 2.71 bits per heavy atom. The number of sulfonamides is 1. The molecular weight excluding hydrogens is 292 g/mol. The van der Waals surface area contributed by atoms with Crippen LogP contribution in [0.3, 0.4) is 0 Å². The number of nitrogens with one attached hydrogen (secondary N) is 1. The molecule has 0 amide bonds. The van der Waals surface area contributed by atoms with Gasteiger partial charge >= 0.3 is 0 Å².